The highest BCUT2D eigenvalue weighted by Crippen LogP contribution is 2.28. The minimum Gasteiger partial charge on any atom is -0.494 e. The third kappa shape index (κ3) is 5.33. The zero-order valence-corrected chi connectivity index (χ0v) is 18.4. The van der Waals surface area contributed by atoms with Gasteiger partial charge in [0, 0.05) is 18.3 Å². The summed E-state index contributed by atoms with van der Waals surface area (Å²) in [5.74, 6) is 2.18. The fourth-order valence-electron chi connectivity index (χ4n) is 2.82. The van der Waals surface area contributed by atoms with Gasteiger partial charge >= 0.3 is 0 Å². The standard InChI is InChI=1S/C22H26N4O3S/c1-5-28-18-12-10-17(11-13-18)23-21(27)15(3)30-22-25-24-20(26(22)4)16-8-7-9-19(14-16)29-6-2/h7-15H,5-6H2,1-4H3,(H,23,27). The molecular formula is C22H26N4O3S. The second-order valence-electron chi connectivity index (χ2n) is 6.53. The van der Waals surface area contributed by atoms with Crippen LogP contribution in [0.2, 0.25) is 0 Å². The molecule has 1 N–H and O–H groups in total. The highest BCUT2D eigenvalue weighted by Gasteiger charge is 2.19. The summed E-state index contributed by atoms with van der Waals surface area (Å²) in [4.78, 5) is 12.6. The summed E-state index contributed by atoms with van der Waals surface area (Å²) >= 11 is 1.36. The molecule has 158 valence electrons. The van der Waals surface area contributed by atoms with Gasteiger partial charge in [-0.25, -0.2) is 0 Å². The van der Waals surface area contributed by atoms with Crippen molar-refractivity contribution in [2.75, 3.05) is 18.5 Å². The Bertz CT molecular complexity index is 988. The largest absolute Gasteiger partial charge is 0.494 e. The van der Waals surface area contributed by atoms with Gasteiger partial charge in [0.1, 0.15) is 11.5 Å². The number of hydrogen-bond acceptors (Lipinski definition) is 6. The molecule has 0 spiro atoms. The molecule has 7 nitrogen and oxygen atoms in total. The van der Waals surface area contributed by atoms with Crippen LogP contribution in [0.25, 0.3) is 11.4 Å². The number of benzene rings is 2. The van der Waals surface area contributed by atoms with Gasteiger partial charge in [-0.2, -0.15) is 0 Å². The fraction of sp³-hybridized carbons (Fsp3) is 0.318. The molecule has 1 aromatic heterocycles. The van der Waals surface area contributed by atoms with E-state index in [9.17, 15) is 4.79 Å². The molecule has 0 aliphatic rings. The molecule has 1 amide bonds. The van der Waals surface area contributed by atoms with E-state index in [1.54, 1.807) is 0 Å². The van der Waals surface area contributed by atoms with Crippen molar-refractivity contribution >= 4 is 23.4 Å². The predicted octanol–water partition coefficient (Wildman–Crippen LogP) is 4.40. The Balaban J connectivity index is 1.66. The molecule has 0 aliphatic carbocycles. The van der Waals surface area contributed by atoms with Crippen LogP contribution in [-0.2, 0) is 11.8 Å². The molecule has 0 aliphatic heterocycles. The quantitative estimate of drug-likeness (QED) is 0.511. The lowest BCUT2D eigenvalue weighted by Gasteiger charge is -2.12. The van der Waals surface area contributed by atoms with Gasteiger partial charge < -0.3 is 19.4 Å². The zero-order chi connectivity index (χ0) is 21.5. The van der Waals surface area contributed by atoms with E-state index in [0.29, 0.717) is 18.4 Å². The minimum atomic E-state index is -0.345. The maximum Gasteiger partial charge on any atom is 0.237 e. The molecule has 3 aromatic rings. The first-order chi connectivity index (χ1) is 14.5. The fourth-order valence-corrected chi connectivity index (χ4v) is 3.63. The molecule has 30 heavy (non-hydrogen) atoms. The van der Waals surface area contributed by atoms with Gasteiger partial charge in [0.25, 0.3) is 0 Å². The number of ether oxygens (including phenoxy) is 2. The lowest BCUT2D eigenvalue weighted by molar-refractivity contribution is -0.115. The molecule has 8 heteroatoms. The normalized spacial score (nSPS) is 11.7. The van der Waals surface area contributed by atoms with Gasteiger partial charge in [-0.3, -0.25) is 4.79 Å². The van der Waals surface area contributed by atoms with Crippen LogP contribution < -0.4 is 14.8 Å². The Morgan fingerprint density at radius 2 is 1.77 bits per heavy atom. The van der Waals surface area contributed by atoms with E-state index in [1.165, 1.54) is 11.8 Å². The number of nitrogens with zero attached hydrogens (tertiary/aromatic N) is 3. The summed E-state index contributed by atoms with van der Waals surface area (Å²) in [6, 6.07) is 15.1. The highest BCUT2D eigenvalue weighted by molar-refractivity contribution is 8.00. The number of aromatic nitrogens is 3. The first-order valence-electron chi connectivity index (χ1n) is 9.84. The molecule has 0 saturated carbocycles. The smallest absolute Gasteiger partial charge is 0.237 e. The van der Waals surface area contributed by atoms with E-state index < -0.39 is 0 Å². The van der Waals surface area contributed by atoms with Crippen LogP contribution in [0.1, 0.15) is 20.8 Å². The van der Waals surface area contributed by atoms with Crippen molar-refractivity contribution in [3.63, 3.8) is 0 Å². The Morgan fingerprint density at radius 3 is 2.47 bits per heavy atom. The van der Waals surface area contributed by atoms with Crippen molar-refractivity contribution in [1.82, 2.24) is 14.8 Å². The molecule has 1 atom stereocenters. The maximum atomic E-state index is 12.6. The van der Waals surface area contributed by atoms with Crippen molar-refractivity contribution in [3.8, 4) is 22.9 Å². The maximum absolute atomic E-state index is 12.6. The monoisotopic (exact) mass is 426 g/mol. The lowest BCUT2D eigenvalue weighted by atomic mass is 10.2. The van der Waals surface area contributed by atoms with Crippen molar-refractivity contribution in [2.45, 2.75) is 31.2 Å². The summed E-state index contributed by atoms with van der Waals surface area (Å²) in [6.45, 7) is 6.93. The molecule has 0 fully saturated rings. The number of nitrogens with one attached hydrogen (secondary N) is 1. The van der Waals surface area contributed by atoms with Gasteiger partial charge in [0.15, 0.2) is 11.0 Å². The molecule has 3 rings (SSSR count). The number of carbonyl (C=O) groups excluding carboxylic acids is 1. The Morgan fingerprint density at radius 1 is 1.07 bits per heavy atom. The molecular weight excluding hydrogens is 400 g/mol. The Labute approximate surface area is 180 Å². The van der Waals surface area contributed by atoms with Crippen LogP contribution in [0.3, 0.4) is 0 Å². The van der Waals surface area contributed by atoms with Gasteiger partial charge in [-0.15, -0.1) is 10.2 Å². The molecule has 1 heterocycles. The summed E-state index contributed by atoms with van der Waals surface area (Å²) < 4.78 is 12.9. The van der Waals surface area contributed by atoms with Crippen molar-refractivity contribution in [3.05, 3.63) is 48.5 Å². The summed E-state index contributed by atoms with van der Waals surface area (Å²) in [6.07, 6.45) is 0. The zero-order valence-electron chi connectivity index (χ0n) is 17.6. The number of anilines is 1. The topological polar surface area (TPSA) is 78.3 Å². The number of carbonyl (C=O) groups is 1. The average Bonchev–Trinajstić information content (AvgIpc) is 3.10. The van der Waals surface area contributed by atoms with Crippen molar-refractivity contribution in [1.29, 1.82) is 0 Å². The van der Waals surface area contributed by atoms with Crippen LogP contribution in [0.4, 0.5) is 5.69 Å². The van der Waals surface area contributed by atoms with Crippen LogP contribution in [0, 0.1) is 0 Å². The minimum absolute atomic E-state index is 0.105. The van der Waals surface area contributed by atoms with Gasteiger partial charge in [0.05, 0.1) is 18.5 Å². The van der Waals surface area contributed by atoms with Crippen molar-refractivity contribution < 1.29 is 14.3 Å². The number of hydrogen-bond donors (Lipinski definition) is 1. The van der Waals surface area contributed by atoms with E-state index in [1.807, 2.05) is 80.9 Å². The van der Waals surface area contributed by atoms with E-state index in [4.69, 9.17) is 9.47 Å². The van der Waals surface area contributed by atoms with Crippen molar-refractivity contribution in [2.24, 2.45) is 7.05 Å². The van der Waals surface area contributed by atoms with Crippen LogP contribution >= 0.6 is 11.8 Å². The third-order valence-electron chi connectivity index (χ3n) is 4.32. The first-order valence-corrected chi connectivity index (χ1v) is 10.7. The second kappa shape index (κ2) is 10.2. The third-order valence-corrected chi connectivity index (χ3v) is 5.46. The van der Waals surface area contributed by atoms with Crippen LogP contribution in [0.5, 0.6) is 11.5 Å². The van der Waals surface area contributed by atoms with Gasteiger partial charge in [-0.1, -0.05) is 23.9 Å². The summed E-state index contributed by atoms with van der Waals surface area (Å²) in [5, 5.41) is 11.8. The van der Waals surface area contributed by atoms with Crippen LogP contribution in [-0.4, -0.2) is 39.1 Å². The van der Waals surface area contributed by atoms with E-state index in [2.05, 4.69) is 15.5 Å². The first kappa shape index (κ1) is 21.7. The van der Waals surface area contributed by atoms with E-state index in [-0.39, 0.29) is 11.2 Å². The number of amides is 1. The molecule has 0 bridgehead atoms. The molecule has 1 unspecified atom stereocenters. The lowest BCUT2D eigenvalue weighted by Crippen LogP contribution is -2.22. The van der Waals surface area contributed by atoms with Gasteiger partial charge in [0.2, 0.25) is 5.91 Å². The molecule has 2 aromatic carbocycles. The summed E-state index contributed by atoms with van der Waals surface area (Å²) in [7, 11) is 1.89. The SMILES string of the molecule is CCOc1ccc(NC(=O)C(C)Sc2nnc(-c3cccc(OCC)c3)n2C)cc1. The molecule has 0 saturated heterocycles. The summed E-state index contributed by atoms with van der Waals surface area (Å²) in [5.41, 5.74) is 1.64. The number of rotatable bonds is 9. The van der Waals surface area contributed by atoms with E-state index in [0.717, 1.165) is 28.6 Å². The number of thioether (sulfide) groups is 1. The van der Waals surface area contributed by atoms with E-state index >= 15 is 0 Å². The van der Waals surface area contributed by atoms with Gasteiger partial charge in [-0.05, 0) is 57.2 Å². The average molecular weight is 427 g/mol. The predicted molar refractivity (Wildman–Crippen MR) is 119 cm³/mol. The molecule has 0 radical (unpaired) electrons. The Kier molecular flexibility index (Phi) is 7.35. The highest BCUT2D eigenvalue weighted by atomic mass is 32.2. The Hall–Kier alpha value is -3.00. The second-order valence-corrected chi connectivity index (χ2v) is 7.84. The van der Waals surface area contributed by atoms with Crippen LogP contribution in [0.15, 0.2) is 53.7 Å².